The Morgan fingerprint density at radius 2 is 1.53 bits per heavy atom. The van der Waals surface area contributed by atoms with Crippen molar-refractivity contribution < 1.29 is 32.0 Å². The second-order valence-electron chi connectivity index (χ2n) is 9.16. The summed E-state index contributed by atoms with van der Waals surface area (Å²) in [4.78, 5) is 24.2. The SMILES string of the molecule is CCCCC(CC)COC(=O)CC(C(=O)OCC(CC)CCCC)S(=O)(=O)O.[CH3][AlH][C]1=CC=CC1.[NaH]. The Hall–Kier alpha value is -0.138. The normalized spacial score (nSPS) is 14.9. The molecule has 0 aromatic rings. The second kappa shape index (κ2) is 22.8. The van der Waals surface area contributed by atoms with Crippen LogP contribution in [0.15, 0.2) is 22.7 Å². The van der Waals surface area contributed by atoms with Gasteiger partial charge in [0.15, 0.2) is 5.25 Å². The van der Waals surface area contributed by atoms with Crippen LogP contribution >= 0.6 is 0 Å². The Kier molecular flexibility index (Phi) is 24.1. The molecule has 0 aliphatic heterocycles. The molecule has 3 unspecified atom stereocenters. The van der Waals surface area contributed by atoms with Gasteiger partial charge in [-0.3, -0.25) is 14.1 Å². The fourth-order valence-electron chi connectivity index (χ4n) is 3.57. The van der Waals surface area contributed by atoms with Crippen LogP contribution < -0.4 is 0 Å². The van der Waals surface area contributed by atoms with E-state index < -0.39 is 33.7 Å². The molecule has 0 amide bonds. The van der Waals surface area contributed by atoms with E-state index in [4.69, 9.17) is 9.47 Å². The zero-order valence-corrected chi connectivity index (χ0v) is 24.7. The van der Waals surface area contributed by atoms with E-state index in [1.54, 1.807) is 4.44 Å². The number of carbonyl (C=O) groups excluding carboxylic acids is 2. The molecule has 1 N–H and O–H groups in total. The number of hydrogen-bond donors (Lipinski definition) is 1. The predicted octanol–water partition coefficient (Wildman–Crippen LogP) is 4.82. The van der Waals surface area contributed by atoms with Crippen LogP contribution in [0.1, 0.15) is 91.9 Å². The first kappa shape index (κ1) is 38.0. The van der Waals surface area contributed by atoms with Gasteiger partial charge in [0.05, 0.1) is 19.6 Å². The van der Waals surface area contributed by atoms with Crippen molar-refractivity contribution >= 4 is 66.8 Å². The van der Waals surface area contributed by atoms with E-state index in [-0.39, 0.29) is 69.8 Å². The number of allylic oxidation sites excluding steroid dienone is 4. The average Bonchev–Trinajstić information content (AvgIpc) is 3.36. The molecular weight excluding hydrogens is 506 g/mol. The molecule has 36 heavy (non-hydrogen) atoms. The molecule has 3 atom stereocenters. The summed E-state index contributed by atoms with van der Waals surface area (Å²) < 4.78 is 44.5. The summed E-state index contributed by atoms with van der Waals surface area (Å²) in [5.74, 6) is 0.726. The molecule has 204 valence electrons. The van der Waals surface area contributed by atoms with E-state index in [0.717, 1.165) is 51.4 Å². The van der Waals surface area contributed by atoms with E-state index in [1.165, 1.54) is 6.42 Å². The number of unbranched alkanes of at least 4 members (excludes halogenated alkanes) is 2. The summed E-state index contributed by atoms with van der Waals surface area (Å²) in [6.45, 7) is 8.35. The molecule has 0 aromatic heterocycles. The van der Waals surface area contributed by atoms with Gasteiger partial charge in [-0.05, 0) is 31.1 Å². The van der Waals surface area contributed by atoms with Gasteiger partial charge in [-0.25, -0.2) is 0 Å². The van der Waals surface area contributed by atoms with Crippen LogP contribution in [-0.2, 0) is 29.2 Å². The first-order valence-corrected chi connectivity index (χ1v) is 16.9. The van der Waals surface area contributed by atoms with Crippen molar-refractivity contribution in [2.24, 2.45) is 11.8 Å². The van der Waals surface area contributed by atoms with Crippen LogP contribution in [0.25, 0.3) is 0 Å². The van der Waals surface area contributed by atoms with Gasteiger partial charge in [-0.2, -0.15) is 8.42 Å². The van der Waals surface area contributed by atoms with Gasteiger partial charge < -0.3 is 9.47 Å². The number of rotatable bonds is 17. The van der Waals surface area contributed by atoms with E-state index in [2.05, 4.69) is 37.9 Å². The maximum atomic E-state index is 12.2. The summed E-state index contributed by atoms with van der Waals surface area (Å²) in [7, 11) is -4.76. The van der Waals surface area contributed by atoms with Gasteiger partial charge in [-0.1, -0.05) is 84.4 Å². The van der Waals surface area contributed by atoms with Crippen molar-refractivity contribution in [2.75, 3.05) is 13.2 Å². The van der Waals surface area contributed by atoms with Crippen LogP contribution in [0.5, 0.6) is 0 Å². The van der Waals surface area contributed by atoms with Crippen LogP contribution in [0.2, 0.25) is 5.79 Å². The molecule has 0 bridgehead atoms. The maximum absolute atomic E-state index is 12.2. The van der Waals surface area contributed by atoms with Crippen LogP contribution in [0.3, 0.4) is 0 Å². The van der Waals surface area contributed by atoms with Gasteiger partial charge in [0.1, 0.15) is 0 Å². The molecule has 1 aliphatic carbocycles. The van der Waals surface area contributed by atoms with Crippen molar-refractivity contribution in [2.45, 2.75) is 103 Å². The molecule has 7 nitrogen and oxygen atoms in total. The Balaban J connectivity index is 0. The zero-order valence-electron chi connectivity index (χ0n) is 22.5. The first-order chi connectivity index (χ1) is 16.6. The molecule has 0 fully saturated rings. The van der Waals surface area contributed by atoms with E-state index in [1.807, 2.05) is 13.8 Å². The Bertz CT molecular complexity index is 768. The van der Waals surface area contributed by atoms with E-state index >= 15 is 0 Å². The summed E-state index contributed by atoms with van der Waals surface area (Å²) in [6, 6.07) is 0. The van der Waals surface area contributed by atoms with Gasteiger partial charge in [-0.15, -0.1) is 10.2 Å². The standard InChI is InChI=1S/C20H38O7S.C5H5.CH3.Al.Na.2H/c1-5-9-11-16(7-3)14-26-19(21)13-18(28(23,24)25)20(22)27-15-17(8-4)12-10-6-2;1-2-4-5-3-1;;;;;/h16-18H,5-15H2,1-4H3,(H,23,24,25);1-3H,4H2;1H3;;;;. The summed E-state index contributed by atoms with van der Waals surface area (Å²) in [6.07, 6.45) is 14.6. The molecule has 0 radical (unpaired) electrons. The van der Waals surface area contributed by atoms with Gasteiger partial charge in [0, 0.05) is 0 Å². The molecule has 0 saturated heterocycles. The van der Waals surface area contributed by atoms with Gasteiger partial charge in [0.25, 0.3) is 25.3 Å². The van der Waals surface area contributed by atoms with Gasteiger partial charge in [0.2, 0.25) is 0 Å². The van der Waals surface area contributed by atoms with Crippen molar-refractivity contribution in [3.8, 4) is 0 Å². The topological polar surface area (TPSA) is 107 Å². The summed E-state index contributed by atoms with van der Waals surface area (Å²) >= 11 is 0.189. The fraction of sp³-hybridized carbons (Fsp3) is 0.769. The monoisotopic (exact) mass is 554 g/mol. The minimum absolute atomic E-state index is 0. The third-order valence-electron chi connectivity index (χ3n) is 6.30. The third-order valence-corrected chi connectivity index (χ3v) is 8.82. The number of ether oxygens (including phenoxy) is 2. The van der Waals surface area contributed by atoms with Crippen LogP contribution in [0, 0.1) is 11.8 Å². The quantitative estimate of drug-likeness (QED) is 0.156. The molecule has 1 rings (SSSR count). The van der Waals surface area contributed by atoms with Crippen molar-refractivity contribution in [1.82, 2.24) is 0 Å². The van der Waals surface area contributed by atoms with Crippen molar-refractivity contribution in [1.29, 1.82) is 0 Å². The number of carbonyl (C=O) groups is 2. The van der Waals surface area contributed by atoms with Crippen molar-refractivity contribution in [3.05, 3.63) is 22.7 Å². The fourth-order valence-corrected chi connectivity index (χ4v) is 5.06. The van der Waals surface area contributed by atoms with Gasteiger partial charge >= 0.3 is 41.5 Å². The number of esters is 2. The predicted molar refractivity (Wildman–Crippen MR) is 150 cm³/mol. The summed E-state index contributed by atoms with van der Waals surface area (Å²) in [5.41, 5.74) is 0. The number of hydrogen-bond acceptors (Lipinski definition) is 6. The molecule has 0 spiro atoms. The molecule has 10 heteroatoms. The molecule has 1 aliphatic rings. The molecular formula is C26H48AlNaO7S. The molecule has 0 saturated carbocycles. The van der Waals surface area contributed by atoms with Crippen LogP contribution in [0.4, 0.5) is 0 Å². The van der Waals surface area contributed by atoms with Crippen LogP contribution in [-0.4, -0.2) is 88.1 Å². The zero-order chi connectivity index (χ0) is 26.7. The average molecular weight is 555 g/mol. The summed E-state index contributed by atoms with van der Waals surface area (Å²) in [5, 5.41) is -1.95. The Morgan fingerprint density at radius 3 is 1.89 bits per heavy atom. The second-order valence-corrected chi connectivity index (χ2v) is 12.4. The van der Waals surface area contributed by atoms with Crippen molar-refractivity contribution in [3.63, 3.8) is 0 Å². The Labute approximate surface area is 248 Å². The molecule has 0 heterocycles. The van der Waals surface area contributed by atoms with E-state index in [9.17, 15) is 22.6 Å². The molecule has 0 aromatic carbocycles. The Morgan fingerprint density at radius 1 is 1.00 bits per heavy atom. The first-order valence-electron chi connectivity index (χ1n) is 13.3. The third kappa shape index (κ3) is 18.2. The van der Waals surface area contributed by atoms with E-state index in [0.29, 0.717) is 0 Å². The minimum atomic E-state index is -4.76.